The van der Waals surface area contributed by atoms with E-state index < -0.39 is 0 Å². The second kappa shape index (κ2) is 4.43. The van der Waals surface area contributed by atoms with Gasteiger partial charge >= 0.3 is 0 Å². The maximum Gasteiger partial charge on any atom is 0.155 e. The summed E-state index contributed by atoms with van der Waals surface area (Å²) in [6.07, 6.45) is 3.52. The van der Waals surface area contributed by atoms with Crippen LogP contribution in [0.1, 0.15) is 40.2 Å². The zero-order valence-electron chi connectivity index (χ0n) is 10.2. The van der Waals surface area contributed by atoms with E-state index in [1.807, 2.05) is 20.0 Å². The van der Waals surface area contributed by atoms with E-state index in [4.69, 9.17) is 0 Å². The van der Waals surface area contributed by atoms with E-state index in [9.17, 15) is 0 Å². The van der Waals surface area contributed by atoms with Crippen molar-refractivity contribution in [2.45, 2.75) is 40.0 Å². The van der Waals surface area contributed by atoms with Crippen molar-refractivity contribution < 1.29 is 0 Å². The molecular formula is C12H19N3. The van der Waals surface area contributed by atoms with Crippen molar-refractivity contribution in [2.24, 2.45) is 0 Å². The number of fused-ring (bicyclic) bond motifs is 1. The molecule has 0 aliphatic carbocycles. The molecule has 0 spiro atoms. The van der Waals surface area contributed by atoms with E-state index in [1.165, 1.54) is 5.56 Å². The summed E-state index contributed by atoms with van der Waals surface area (Å²) < 4.78 is 1.77. The van der Waals surface area contributed by atoms with Gasteiger partial charge < -0.3 is 0 Å². The lowest BCUT2D eigenvalue weighted by atomic mass is 9.88. The number of pyridine rings is 1. The Bertz CT molecular complexity index is 424. The lowest BCUT2D eigenvalue weighted by Crippen LogP contribution is -2.11. The number of aromatic nitrogens is 3. The van der Waals surface area contributed by atoms with Gasteiger partial charge in [0.15, 0.2) is 5.65 Å². The normalized spacial score (nSPS) is 11.0. The second-order valence-electron chi connectivity index (χ2n) is 4.23. The molecule has 82 valence electrons. The lowest BCUT2D eigenvalue weighted by molar-refractivity contribution is 0.589. The fourth-order valence-electron chi connectivity index (χ4n) is 1.28. The number of hydrogen-bond acceptors (Lipinski definition) is 2. The van der Waals surface area contributed by atoms with Crippen LogP contribution in [-0.2, 0) is 5.41 Å². The molecule has 0 aliphatic heterocycles. The summed E-state index contributed by atoms with van der Waals surface area (Å²) >= 11 is 0. The van der Waals surface area contributed by atoms with Gasteiger partial charge in [0.05, 0.1) is 0 Å². The molecule has 15 heavy (non-hydrogen) atoms. The first-order chi connectivity index (χ1) is 7.07. The van der Waals surface area contributed by atoms with Gasteiger partial charge in [0.1, 0.15) is 6.33 Å². The monoisotopic (exact) mass is 205 g/mol. The quantitative estimate of drug-likeness (QED) is 0.661. The van der Waals surface area contributed by atoms with E-state index in [2.05, 4.69) is 43.0 Å². The average Bonchev–Trinajstić information content (AvgIpc) is 2.66. The maximum absolute atomic E-state index is 4.14. The lowest BCUT2D eigenvalue weighted by Gasteiger charge is -2.18. The zero-order valence-corrected chi connectivity index (χ0v) is 10.2. The second-order valence-corrected chi connectivity index (χ2v) is 4.23. The van der Waals surface area contributed by atoms with Gasteiger partial charge in [-0.25, -0.2) is 9.50 Å². The average molecular weight is 205 g/mol. The molecule has 0 N–H and O–H groups in total. The SMILES string of the molecule is CC.CC(C)(C)c1ccn2ncnc2c1. The minimum Gasteiger partial charge on any atom is -0.221 e. The summed E-state index contributed by atoms with van der Waals surface area (Å²) in [7, 11) is 0. The van der Waals surface area contributed by atoms with E-state index in [0.29, 0.717) is 0 Å². The summed E-state index contributed by atoms with van der Waals surface area (Å²) in [6.45, 7) is 10.6. The summed E-state index contributed by atoms with van der Waals surface area (Å²) in [5.41, 5.74) is 2.37. The minimum atomic E-state index is 0.174. The van der Waals surface area contributed by atoms with Crippen molar-refractivity contribution in [1.29, 1.82) is 0 Å². The van der Waals surface area contributed by atoms with Crippen molar-refractivity contribution >= 4 is 5.65 Å². The first-order valence-electron chi connectivity index (χ1n) is 5.37. The van der Waals surface area contributed by atoms with E-state index >= 15 is 0 Å². The highest BCUT2D eigenvalue weighted by Gasteiger charge is 2.13. The van der Waals surface area contributed by atoms with Crippen molar-refractivity contribution in [1.82, 2.24) is 14.6 Å². The Labute approximate surface area is 91.2 Å². The molecule has 0 saturated heterocycles. The predicted molar refractivity (Wildman–Crippen MR) is 63.0 cm³/mol. The number of nitrogens with zero attached hydrogens (tertiary/aromatic N) is 3. The molecule has 0 aromatic carbocycles. The van der Waals surface area contributed by atoms with E-state index in [0.717, 1.165) is 5.65 Å². The molecule has 0 unspecified atom stereocenters. The van der Waals surface area contributed by atoms with Gasteiger partial charge in [0, 0.05) is 6.20 Å². The van der Waals surface area contributed by atoms with E-state index in [1.54, 1.807) is 10.8 Å². The molecule has 0 atom stereocenters. The van der Waals surface area contributed by atoms with Crippen LogP contribution in [0.5, 0.6) is 0 Å². The molecule has 2 heterocycles. The minimum absolute atomic E-state index is 0.174. The summed E-state index contributed by atoms with van der Waals surface area (Å²) in [6, 6.07) is 4.16. The molecule has 3 heteroatoms. The Morgan fingerprint density at radius 3 is 2.47 bits per heavy atom. The van der Waals surface area contributed by atoms with Crippen LogP contribution < -0.4 is 0 Å². The van der Waals surface area contributed by atoms with Crippen LogP contribution in [0.4, 0.5) is 0 Å². The largest absolute Gasteiger partial charge is 0.221 e. The smallest absolute Gasteiger partial charge is 0.155 e. The van der Waals surface area contributed by atoms with Gasteiger partial charge in [0.25, 0.3) is 0 Å². The maximum atomic E-state index is 4.14. The highest BCUT2D eigenvalue weighted by atomic mass is 15.3. The molecule has 2 aromatic heterocycles. The van der Waals surface area contributed by atoms with Gasteiger partial charge in [-0.3, -0.25) is 0 Å². The number of rotatable bonds is 0. The third kappa shape index (κ3) is 2.55. The van der Waals surface area contributed by atoms with Crippen molar-refractivity contribution in [3.05, 3.63) is 30.2 Å². The van der Waals surface area contributed by atoms with Crippen molar-refractivity contribution in [2.75, 3.05) is 0 Å². The zero-order chi connectivity index (χ0) is 11.5. The molecule has 2 aromatic rings. The fraction of sp³-hybridized carbons (Fsp3) is 0.500. The van der Waals surface area contributed by atoms with Crippen molar-refractivity contribution in [3.8, 4) is 0 Å². The van der Waals surface area contributed by atoms with Gasteiger partial charge in [-0.15, -0.1) is 0 Å². The van der Waals surface area contributed by atoms with E-state index in [-0.39, 0.29) is 5.41 Å². The number of hydrogen-bond donors (Lipinski definition) is 0. The Balaban J connectivity index is 0.000000531. The third-order valence-corrected chi connectivity index (χ3v) is 2.15. The van der Waals surface area contributed by atoms with Gasteiger partial charge in [-0.05, 0) is 23.1 Å². The van der Waals surface area contributed by atoms with Crippen LogP contribution in [-0.4, -0.2) is 14.6 Å². The van der Waals surface area contributed by atoms with Gasteiger partial charge in [-0.2, -0.15) is 5.10 Å². The molecule has 3 nitrogen and oxygen atoms in total. The molecule has 0 fully saturated rings. The molecule has 2 rings (SSSR count). The molecule has 0 saturated carbocycles. The predicted octanol–water partition coefficient (Wildman–Crippen LogP) is 3.05. The van der Waals surface area contributed by atoms with Crippen LogP contribution in [0.15, 0.2) is 24.7 Å². The van der Waals surface area contributed by atoms with Crippen LogP contribution in [0.2, 0.25) is 0 Å². The first kappa shape index (κ1) is 11.7. The highest BCUT2D eigenvalue weighted by molar-refractivity contribution is 5.41. The summed E-state index contributed by atoms with van der Waals surface area (Å²) in [4.78, 5) is 4.14. The highest BCUT2D eigenvalue weighted by Crippen LogP contribution is 2.22. The van der Waals surface area contributed by atoms with Crippen LogP contribution in [0, 0.1) is 0 Å². The molecule has 0 aliphatic rings. The first-order valence-corrected chi connectivity index (χ1v) is 5.37. The Morgan fingerprint density at radius 2 is 1.87 bits per heavy atom. The molecular weight excluding hydrogens is 186 g/mol. The van der Waals surface area contributed by atoms with Crippen molar-refractivity contribution in [3.63, 3.8) is 0 Å². The topological polar surface area (TPSA) is 30.2 Å². The van der Waals surface area contributed by atoms with Gasteiger partial charge in [-0.1, -0.05) is 34.6 Å². The van der Waals surface area contributed by atoms with Crippen LogP contribution in [0.3, 0.4) is 0 Å². The summed E-state index contributed by atoms with van der Waals surface area (Å²) in [5.74, 6) is 0. The Kier molecular flexibility index (Phi) is 3.45. The standard InChI is InChI=1S/C10H13N3.C2H6/c1-10(2,3)8-4-5-13-9(6-8)11-7-12-13;1-2/h4-7H,1-3H3;1-2H3. The molecule has 0 amide bonds. The summed E-state index contributed by atoms with van der Waals surface area (Å²) in [5, 5.41) is 4.05. The Morgan fingerprint density at radius 1 is 1.20 bits per heavy atom. The fourth-order valence-corrected chi connectivity index (χ4v) is 1.28. The van der Waals surface area contributed by atoms with Crippen LogP contribution >= 0.6 is 0 Å². The molecule has 0 radical (unpaired) electrons. The third-order valence-electron chi connectivity index (χ3n) is 2.15. The van der Waals surface area contributed by atoms with Crippen LogP contribution in [0.25, 0.3) is 5.65 Å². The molecule has 0 bridgehead atoms. The van der Waals surface area contributed by atoms with Gasteiger partial charge in [0.2, 0.25) is 0 Å². The Hall–Kier alpha value is -1.38.